The van der Waals surface area contributed by atoms with E-state index in [0.717, 1.165) is 18.2 Å². The largest absolute Gasteiger partial charge is 0.452 e. The summed E-state index contributed by atoms with van der Waals surface area (Å²) in [6.07, 6.45) is 0. The van der Waals surface area contributed by atoms with Crippen LogP contribution in [0.3, 0.4) is 0 Å². The van der Waals surface area contributed by atoms with Crippen LogP contribution in [0.5, 0.6) is 0 Å². The second kappa shape index (κ2) is 9.41. The van der Waals surface area contributed by atoms with Gasteiger partial charge in [-0.25, -0.2) is 18.6 Å². The maximum Gasteiger partial charge on any atom is 0.339 e. The molecule has 3 aromatic carbocycles. The second-order valence-electron chi connectivity index (χ2n) is 7.12. The van der Waals surface area contributed by atoms with E-state index < -0.39 is 46.4 Å². The third kappa shape index (κ3) is 4.85. The Bertz CT molecular complexity index is 1420. The molecule has 0 saturated heterocycles. The highest BCUT2D eigenvalue weighted by Crippen LogP contribution is 2.26. The smallest absolute Gasteiger partial charge is 0.339 e. The molecule has 0 aliphatic heterocycles. The number of hydrogen-bond acceptors (Lipinski definition) is 6. The number of benzene rings is 3. The minimum atomic E-state index is -0.884. The number of ether oxygens (including phenoxy) is 1. The van der Waals surface area contributed by atoms with E-state index in [2.05, 4.69) is 10.3 Å². The number of nitrogens with one attached hydrogen (secondary N) is 1. The van der Waals surface area contributed by atoms with Gasteiger partial charge < -0.3 is 10.1 Å². The van der Waals surface area contributed by atoms with E-state index in [9.17, 15) is 28.5 Å². The van der Waals surface area contributed by atoms with Crippen molar-refractivity contribution in [2.75, 3.05) is 11.9 Å². The minimum absolute atomic E-state index is 0.124. The Balaban J connectivity index is 1.55. The van der Waals surface area contributed by atoms with Crippen LogP contribution in [-0.2, 0) is 9.53 Å². The summed E-state index contributed by atoms with van der Waals surface area (Å²) in [6.45, 7) is -0.760. The molecule has 0 aliphatic carbocycles. The third-order valence-corrected chi connectivity index (χ3v) is 4.85. The maximum atomic E-state index is 13.9. The molecule has 0 atom stereocenters. The number of hydrogen-bond donors (Lipinski definition) is 1. The summed E-state index contributed by atoms with van der Waals surface area (Å²) >= 11 is 0. The van der Waals surface area contributed by atoms with Crippen LogP contribution in [0.2, 0.25) is 0 Å². The van der Waals surface area contributed by atoms with Crippen molar-refractivity contribution in [1.29, 1.82) is 0 Å². The molecule has 0 saturated carbocycles. The summed E-state index contributed by atoms with van der Waals surface area (Å²) in [6, 6.07) is 16.5. The van der Waals surface area contributed by atoms with Gasteiger partial charge in [-0.1, -0.05) is 18.2 Å². The van der Waals surface area contributed by atoms with Crippen molar-refractivity contribution in [2.24, 2.45) is 0 Å². The zero-order valence-electron chi connectivity index (χ0n) is 17.3. The second-order valence-corrected chi connectivity index (χ2v) is 7.12. The Morgan fingerprint density at radius 2 is 1.74 bits per heavy atom. The predicted octanol–water partition coefficient (Wildman–Crippen LogP) is 4.88. The van der Waals surface area contributed by atoms with Gasteiger partial charge in [0.25, 0.3) is 11.6 Å². The van der Waals surface area contributed by atoms with Gasteiger partial charge in [-0.3, -0.25) is 14.9 Å². The standard InChI is InChI=1S/C24H15F2N3O5/c25-15-7-5-14(6-8-15)21-12-18(17-3-1-2-4-20(17)27-21)24(31)34-13-23(30)28-22-11-16(29(32)33)9-10-19(22)26/h1-12H,13H2,(H,28,30). The molecule has 0 fully saturated rings. The molecule has 1 amide bonds. The molecule has 0 spiro atoms. The molecule has 0 unspecified atom stereocenters. The van der Waals surface area contributed by atoms with E-state index in [0.29, 0.717) is 22.2 Å². The zero-order chi connectivity index (χ0) is 24.2. The van der Waals surface area contributed by atoms with Crippen molar-refractivity contribution in [2.45, 2.75) is 0 Å². The summed E-state index contributed by atoms with van der Waals surface area (Å²) in [4.78, 5) is 39.6. The molecule has 1 aromatic heterocycles. The lowest BCUT2D eigenvalue weighted by Crippen LogP contribution is -2.21. The van der Waals surface area contributed by atoms with Crippen molar-refractivity contribution in [1.82, 2.24) is 4.98 Å². The number of halogens is 2. The number of nitrogens with zero attached hydrogens (tertiary/aromatic N) is 2. The fourth-order valence-electron chi connectivity index (χ4n) is 3.23. The molecule has 0 radical (unpaired) electrons. The van der Waals surface area contributed by atoms with Crippen molar-refractivity contribution >= 4 is 34.2 Å². The first-order valence-electron chi connectivity index (χ1n) is 9.88. The van der Waals surface area contributed by atoms with Gasteiger partial charge in [0.05, 0.1) is 27.4 Å². The number of carbonyl (C=O) groups excluding carboxylic acids is 2. The normalized spacial score (nSPS) is 10.6. The number of non-ortho nitro benzene ring substituents is 1. The number of carbonyl (C=O) groups is 2. The summed E-state index contributed by atoms with van der Waals surface area (Å²) in [5, 5.41) is 13.5. The molecule has 8 nitrogen and oxygen atoms in total. The fraction of sp³-hybridized carbons (Fsp3) is 0.0417. The van der Waals surface area contributed by atoms with Crippen LogP contribution in [0.1, 0.15) is 10.4 Å². The number of pyridine rings is 1. The van der Waals surface area contributed by atoms with E-state index in [-0.39, 0.29) is 5.56 Å². The number of nitro groups is 1. The van der Waals surface area contributed by atoms with Crippen LogP contribution in [-0.4, -0.2) is 28.4 Å². The summed E-state index contributed by atoms with van der Waals surface area (Å²) in [7, 11) is 0. The third-order valence-electron chi connectivity index (χ3n) is 4.85. The fourth-order valence-corrected chi connectivity index (χ4v) is 3.23. The number of anilines is 1. The Morgan fingerprint density at radius 1 is 1.00 bits per heavy atom. The van der Waals surface area contributed by atoms with Crippen LogP contribution in [0.25, 0.3) is 22.2 Å². The average Bonchev–Trinajstić information content (AvgIpc) is 2.83. The molecule has 4 rings (SSSR count). The lowest BCUT2D eigenvalue weighted by molar-refractivity contribution is -0.384. The Labute approximate surface area is 191 Å². The molecular formula is C24H15F2N3O5. The van der Waals surface area contributed by atoms with E-state index in [1.54, 1.807) is 24.3 Å². The summed E-state index contributed by atoms with van der Waals surface area (Å²) in [5.41, 5.74) is 0.751. The van der Waals surface area contributed by atoms with Crippen LogP contribution >= 0.6 is 0 Å². The van der Waals surface area contributed by atoms with Gasteiger partial charge in [0.1, 0.15) is 11.6 Å². The SMILES string of the molecule is O=C(COC(=O)c1cc(-c2ccc(F)cc2)nc2ccccc12)Nc1cc([N+](=O)[O-])ccc1F. The number of aromatic nitrogens is 1. The average molecular weight is 463 g/mol. The van der Waals surface area contributed by atoms with Gasteiger partial charge in [-0.15, -0.1) is 0 Å². The molecule has 170 valence electrons. The highest BCUT2D eigenvalue weighted by molar-refractivity contribution is 6.05. The van der Waals surface area contributed by atoms with Gasteiger partial charge >= 0.3 is 5.97 Å². The molecule has 4 aromatic rings. The molecule has 0 aliphatic rings. The Hall–Kier alpha value is -4.73. The minimum Gasteiger partial charge on any atom is -0.452 e. The molecule has 34 heavy (non-hydrogen) atoms. The van der Waals surface area contributed by atoms with Gasteiger partial charge in [-0.05, 0) is 42.5 Å². The first-order valence-corrected chi connectivity index (χ1v) is 9.88. The predicted molar refractivity (Wildman–Crippen MR) is 119 cm³/mol. The number of amides is 1. The van der Waals surface area contributed by atoms with Gasteiger partial charge in [0.15, 0.2) is 6.61 Å². The molecular weight excluding hydrogens is 448 g/mol. The lowest BCUT2D eigenvalue weighted by atomic mass is 10.0. The molecule has 0 bridgehead atoms. The molecule has 1 heterocycles. The van der Waals surface area contributed by atoms with Crippen molar-refractivity contribution < 1.29 is 28.0 Å². The highest BCUT2D eigenvalue weighted by Gasteiger charge is 2.18. The van der Waals surface area contributed by atoms with Crippen LogP contribution in [0, 0.1) is 21.7 Å². The topological polar surface area (TPSA) is 111 Å². The lowest BCUT2D eigenvalue weighted by Gasteiger charge is -2.11. The van der Waals surface area contributed by atoms with Crippen molar-refractivity contribution in [3.8, 4) is 11.3 Å². The van der Waals surface area contributed by atoms with Gasteiger partial charge in [-0.2, -0.15) is 0 Å². The number of fused-ring (bicyclic) bond motifs is 1. The van der Waals surface area contributed by atoms with E-state index in [4.69, 9.17) is 4.74 Å². The van der Waals surface area contributed by atoms with Crippen LogP contribution in [0.4, 0.5) is 20.2 Å². The van der Waals surface area contributed by atoms with E-state index in [1.807, 2.05) is 0 Å². The highest BCUT2D eigenvalue weighted by atomic mass is 19.1. The zero-order valence-corrected chi connectivity index (χ0v) is 17.3. The van der Waals surface area contributed by atoms with E-state index in [1.165, 1.54) is 30.3 Å². The molecule has 1 N–H and O–H groups in total. The molecule has 10 heteroatoms. The quantitative estimate of drug-likeness (QED) is 0.248. The summed E-state index contributed by atoms with van der Waals surface area (Å²) in [5.74, 6) is -3.02. The van der Waals surface area contributed by atoms with Gasteiger partial charge in [0, 0.05) is 23.1 Å². The summed E-state index contributed by atoms with van der Waals surface area (Å²) < 4.78 is 32.3. The monoisotopic (exact) mass is 463 g/mol. The Morgan fingerprint density at radius 3 is 2.47 bits per heavy atom. The first-order chi connectivity index (χ1) is 16.3. The number of nitro benzene ring substituents is 1. The van der Waals surface area contributed by atoms with Crippen molar-refractivity contribution in [3.05, 3.63) is 100 Å². The van der Waals surface area contributed by atoms with Gasteiger partial charge in [0.2, 0.25) is 0 Å². The Kier molecular flexibility index (Phi) is 6.22. The maximum absolute atomic E-state index is 13.9. The first kappa shape index (κ1) is 22.5. The van der Waals surface area contributed by atoms with Crippen molar-refractivity contribution in [3.63, 3.8) is 0 Å². The van der Waals surface area contributed by atoms with E-state index >= 15 is 0 Å². The van der Waals surface area contributed by atoms with Crippen LogP contribution in [0.15, 0.2) is 72.8 Å². The number of para-hydroxylation sites is 1. The number of esters is 1. The number of rotatable bonds is 6. The van der Waals surface area contributed by atoms with Crippen LogP contribution < -0.4 is 5.32 Å².